The van der Waals surface area contributed by atoms with E-state index >= 15 is 0 Å². The van der Waals surface area contributed by atoms with E-state index in [4.69, 9.17) is 0 Å². The van der Waals surface area contributed by atoms with Gasteiger partial charge in [-0.3, -0.25) is 9.80 Å². The molecule has 226 valence electrons. The van der Waals surface area contributed by atoms with Crippen LogP contribution in [0.5, 0.6) is 0 Å². The summed E-state index contributed by atoms with van der Waals surface area (Å²) in [6.07, 6.45) is -3.48. The topological polar surface area (TPSA) is 515 Å². The number of hydrogen-bond acceptors (Lipinski definition) is 14. The number of nitrogens with zero attached hydrogens (tertiary/aromatic N) is 2. The molecular formula is C10H48N9O12P4-. The molecular weight excluding hydrogens is 562 g/mol. The van der Waals surface area contributed by atoms with Crippen molar-refractivity contribution in [2.45, 2.75) is 25.7 Å². The van der Waals surface area contributed by atoms with Gasteiger partial charge >= 0.3 is 0 Å². The zero-order valence-electron chi connectivity index (χ0n) is 21.7. The average Bonchev–Trinajstić information content (AvgIpc) is 2.34. The minimum atomic E-state index is -5.07. The van der Waals surface area contributed by atoms with E-state index in [-0.39, 0.29) is 69.0 Å². The van der Waals surface area contributed by atoms with E-state index in [2.05, 4.69) is 0 Å². The van der Waals surface area contributed by atoms with Gasteiger partial charge in [-0.15, -0.1) is 0 Å². The summed E-state index contributed by atoms with van der Waals surface area (Å²) >= 11 is 0. The Morgan fingerprint density at radius 2 is 0.543 bits per heavy atom. The van der Waals surface area contributed by atoms with Gasteiger partial charge in [-0.25, -0.2) is 0 Å². The van der Waals surface area contributed by atoms with Crippen LogP contribution in [-0.2, 0) is 18.3 Å². The molecule has 0 aromatic heterocycles. The maximum absolute atomic E-state index is 10.7. The molecule has 0 unspecified atom stereocenters. The first-order chi connectivity index (χ1) is 12.4. The lowest BCUT2D eigenvalue weighted by molar-refractivity contribution is -0.321. The molecule has 21 nitrogen and oxygen atoms in total. The Kier molecular flexibility index (Phi) is 37.2. The van der Waals surface area contributed by atoms with Gasteiger partial charge in [0.05, 0.1) is 0 Å². The van der Waals surface area contributed by atoms with E-state index < -0.39 is 55.5 Å². The molecule has 0 aromatic carbocycles. The molecule has 35 heavy (non-hydrogen) atoms. The van der Waals surface area contributed by atoms with Gasteiger partial charge in [0.25, 0.3) is 0 Å². The Bertz CT molecular complexity index is 565. The third kappa shape index (κ3) is 41.6. The molecule has 0 amide bonds. The monoisotopic (exact) mass is 610 g/mol. The zero-order valence-corrected chi connectivity index (χ0v) is 25.2. The van der Waals surface area contributed by atoms with Crippen LogP contribution in [0.1, 0.15) is 25.7 Å². The smallest absolute Gasteiger partial charge is 0.0264 e. The Balaban J connectivity index is -0.000000174. The van der Waals surface area contributed by atoms with Gasteiger partial charge in [0.15, 0.2) is 0 Å². The van der Waals surface area contributed by atoms with Crippen molar-refractivity contribution in [1.29, 1.82) is 0 Å². The summed E-state index contributed by atoms with van der Waals surface area (Å²) in [4.78, 5) is 87.4. The van der Waals surface area contributed by atoms with Crippen molar-refractivity contribution < 1.29 is 57.4 Å². The lowest BCUT2D eigenvalue weighted by Gasteiger charge is -2.41. The third-order valence-corrected chi connectivity index (χ3v) is 6.18. The molecule has 28 N–H and O–H groups in total. The van der Waals surface area contributed by atoms with Crippen LogP contribution in [0.2, 0.25) is 0 Å². The summed E-state index contributed by atoms with van der Waals surface area (Å²) in [7, 11) is -20.3. The van der Waals surface area contributed by atoms with Crippen LogP contribution >= 0.6 is 30.4 Å². The van der Waals surface area contributed by atoms with Crippen LogP contribution in [0.3, 0.4) is 0 Å². The van der Waals surface area contributed by atoms with Crippen LogP contribution in [-0.4, -0.2) is 48.0 Å². The van der Waals surface area contributed by atoms with Crippen LogP contribution < -0.4 is 82.2 Å². The molecule has 25 heteroatoms. The predicted octanol–water partition coefficient (Wildman–Crippen LogP) is -2.73. The summed E-state index contributed by atoms with van der Waals surface area (Å²) in [5, 5.41) is 0. The van der Waals surface area contributed by atoms with Gasteiger partial charge in [0.2, 0.25) is 0 Å². The molecule has 0 aliphatic rings. The van der Waals surface area contributed by atoms with Crippen molar-refractivity contribution in [3.63, 3.8) is 0 Å². The normalized spacial score (nSPS) is 11.4. The fourth-order valence-electron chi connectivity index (χ4n) is 2.38. The quantitative estimate of drug-likeness (QED) is 0.0731. The summed E-state index contributed by atoms with van der Waals surface area (Å²) in [5.41, 5.74) is 0. The molecule has 0 bridgehead atoms. The fraction of sp³-hybridized carbons (Fsp3) is 1.00. The summed E-state index contributed by atoms with van der Waals surface area (Å²) in [5.74, 6) is 0. The molecule has 0 heterocycles. The first-order valence-electron chi connectivity index (χ1n) is 7.85. The largest absolute Gasteiger partial charge is 0.810 e. The average molecular weight is 610 g/mol. The van der Waals surface area contributed by atoms with Crippen molar-refractivity contribution in [2.75, 3.05) is 38.2 Å². The molecule has 0 fully saturated rings. The molecule has 0 saturated heterocycles. The second kappa shape index (κ2) is 23.4. The summed E-state index contributed by atoms with van der Waals surface area (Å²) in [6.45, 7) is -0.363. The summed E-state index contributed by atoms with van der Waals surface area (Å²) < 4.78 is 43.0. The number of hydrogen-bond donors (Lipinski definition) is 7. The Morgan fingerprint density at radius 3 is 0.686 bits per heavy atom. The van der Waals surface area contributed by atoms with Crippen molar-refractivity contribution >= 4 is 30.4 Å². The Labute approximate surface area is 205 Å². The highest BCUT2D eigenvalue weighted by Gasteiger charge is 2.10. The minimum absolute atomic E-state index is 0. The van der Waals surface area contributed by atoms with Gasteiger partial charge < -0.3 is 100 Å². The lowest BCUT2D eigenvalue weighted by Crippen LogP contribution is -2.37. The Hall–Kier alpha value is 0.240. The predicted molar refractivity (Wildman–Crippen MR) is 124 cm³/mol. The molecule has 0 radical (unpaired) electrons. The number of quaternary nitrogens is 7. The molecule has 0 saturated carbocycles. The second-order valence-electron chi connectivity index (χ2n) is 6.21. The highest BCUT2D eigenvalue weighted by molar-refractivity contribution is 7.50. The summed E-state index contributed by atoms with van der Waals surface area (Å²) in [6, 6.07) is 0. The second-order valence-corrected chi connectivity index (χ2v) is 12.2. The molecule has 0 aliphatic heterocycles. The highest BCUT2D eigenvalue weighted by atomic mass is 31.2. The van der Waals surface area contributed by atoms with E-state index in [9.17, 15) is 57.4 Å². The van der Waals surface area contributed by atoms with Gasteiger partial charge in [0, 0.05) is 25.1 Å². The maximum Gasteiger partial charge on any atom is 0.0264 e. The SMILES string of the molecule is O=P([O-])([O-])CN(CCCCCCN(CP(=O)([O-])[O-])CP(=O)([O-])[O-])CP(=O)([O-])[O-].[NH4+].[NH4+].[NH4+].[NH4+].[NH4+].[NH4+].[NH4+]. The first kappa shape index (κ1) is 55.7. The zero-order chi connectivity index (χ0) is 22.2. The van der Waals surface area contributed by atoms with E-state index in [1.54, 1.807) is 0 Å². The van der Waals surface area contributed by atoms with Crippen molar-refractivity contribution in [2.24, 2.45) is 0 Å². The highest BCUT2D eigenvalue weighted by Crippen LogP contribution is 2.32. The van der Waals surface area contributed by atoms with Crippen LogP contribution in [0, 0.1) is 0 Å². The number of rotatable bonds is 15. The van der Waals surface area contributed by atoms with Crippen LogP contribution in [0.25, 0.3) is 0 Å². The Morgan fingerprint density at radius 1 is 0.371 bits per heavy atom. The standard InChI is InChI=1S/C10H28N2O12P4.7H3N/c13-25(14,15)7-11(8-26(16,17)18)5-3-1-2-4-6-12(9-27(19,20)21)10-28(22,23)24;;;;;;;/h1-10H2,(H2,13,14,15)(H2,16,17,18)(H2,19,20,21)(H2,22,23,24);7*1H3/p-1. The van der Waals surface area contributed by atoms with Crippen molar-refractivity contribution in [1.82, 2.24) is 52.9 Å². The van der Waals surface area contributed by atoms with Gasteiger partial charge in [-0.1, -0.05) is 43.2 Å². The maximum atomic E-state index is 10.7. The fourth-order valence-corrected chi connectivity index (χ4v) is 5.62. The van der Waals surface area contributed by atoms with E-state index in [1.807, 2.05) is 0 Å². The van der Waals surface area contributed by atoms with Gasteiger partial charge in [0.1, 0.15) is 0 Å². The third-order valence-electron chi connectivity index (χ3n) is 3.19. The van der Waals surface area contributed by atoms with Crippen molar-refractivity contribution in [3.05, 3.63) is 0 Å². The van der Waals surface area contributed by atoms with E-state index in [0.717, 1.165) is 0 Å². The first-order valence-corrected chi connectivity index (χ1v) is 14.8. The van der Waals surface area contributed by atoms with Gasteiger partial charge in [-0.2, -0.15) is 0 Å². The van der Waals surface area contributed by atoms with Gasteiger partial charge in [-0.05, 0) is 25.9 Å². The molecule has 0 aromatic rings. The van der Waals surface area contributed by atoms with Crippen LogP contribution in [0.4, 0.5) is 0 Å². The molecule has 0 atom stereocenters. The lowest BCUT2D eigenvalue weighted by atomic mass is 10.2. The van der Waals surface area contributed by atoms with Crippen molar-refractivity contribution in [3.8, 4) is 0 Å². The van der Waals surface area contributed by atoms with E-state index in [1.165, 1.54) is 0 Å². The minimum Gasteiger partial charge on any atom is -0.810 e. The molecule has 0 rings (SSSR count). The molecule has 0 aliphatic carbocycles. The van der Waals surface area contributed by atoms with E-state index in [0.29, 0.717) is 22.6 Å². The number of unbranched alkanes of at least 4 members (excludes halogenated alkanes) is 3. The molecule has 0 spiro atoms. The van der Waals surface area contributed by atoms with Crippen LogP contribution in [0.15, 0.2) is 0 Å².